The van der Waals surface area contributed by atoms with Gasteiger partial charge in [-0.2, -0.15) is 0 Å². The third-order valence-electron chi connectivity index (χ3n) is 5.26. The number of nitrogens with one attached hydrogen (secondary N) is 1. The lowest BCUT2D eigenvalue weighted by Crippen LogP contribution is -2.11. The van der Waals surface area contributed by atoms with Gasteiger partial charge in [-0.05, 0) is 42.3 Å². The summed E-state index contributed by atoms with van der Waals surface area (Å²) in [5.41, 5.74) is 11.0. The Hall–Kier alpha value is -4.16. The van der Waals surface area contributed by atoms with Crippen molar-refractivity contribution >= 4 is 34.0 Å². The van der Waals surface area contributed by atoms with Gasteiger partial charge in [-0.25, -0.2) is 18.7 Å². The molecule has 0 saturated carbocycles. The van der Waals surface area contributed by atoms with Gasteiger partial charge in [-0.15, -0.1) is 11.3 Å². The first kappa shape index (κ1) is 24.9. The van der Waals surface area contributed by atoms with Gasteiger partial charge in [0.1, 0.15) is 22.5 Å². The second-order valence-electron chi connectivity index (χ2n) is 7.80. The minimum absolute atomic E-state index is 0.0254. The summed E-state index contributed by atoms with van der Waals surface area (Å²) in [5, 5.41) is 13.1. The van der Waals surface area contributed by atoms with E-state index in [0.29, 0.717) is 17.9 Å². The average molecular weight is 514 g/mol. The minimum Gasteiger partial charge on any atom is -0.435 e. The van der Waals surface area contributed by atoms with E-state index in [2.05, 4.69) is 15.3 Å². The van der Waals surface area contributed by atoms with E-state index in [4.69, 9.17) is 15.9 Å². The highest BCUT2D eigenvalue weighted by molar-refractivity contribution is 7.20. The number of primary amides is 2. The third kappa shape index (κ3) is 5.24. The van der Waals surface area contributed by atoms with E-state index >= 15 is 0 Å². The number of benzene rings is 1. The van der Waals surface area contributed by atoms with Crippen molar-refractivity contribution in [1.29, 1.82) is 0 Å². The van der Waals surface area contributed by atoms with E-state index in [9.17, 15) is 23.5 Å². The summed E-state index contributed by atoms with van der Waals surface area (Å²) in [6.07, 6.45) is 0.681. The van der Waals surface area contributed by atoms with Crippen molar-refractivity contribution in [3.05, 3.63) is 82.7 Å². The maximum atomic E-state index is 14.8. The summed E-state index contributed by atoms with van der Waals surface area (Å²) < 4.78 is 34.9. The zero-order chi connectivity index (χ0) is 26.0. The molecule has 0 aliphatic rings. The summed E-state index contributed by atoms with van der Waals surface area (Å²) in [6, 6.07) is 8.46. The molecule has 3 heterocycles. The lowest BCUT2D eigenvalue weighted by Gasteiger charge is -2.11. The van der Waals surface area contributed by atoms with Crippen LogP contribution in [0, 0.1) is 11.6 Å². The zero-order valence-electron chi connectivity index (χ0n) is 18.9. The molecule has 36 heavy (non-hydrogen) atoms. The van der Waals surface area contributed by atoms with Crippen LogP contribution in [0.25, 0.3) is 10.4 Å². The first-order chi connectivity index (χ1) is 17.2. The lowest BCUT2D eigenvalue weighted by atomic mass is 10.0. The number of halogens is 2. The van der Waals surface area contributed by atoms with Crippen LogP contribution in [0.2, 0.25) is 0 Å². The molecule has 0 aliphatic carbocycles. The molecule has 4 aromatic rings. The van der Waals surface area contributed by atoms with Gasteiger partial charge in [0.05, 0.1) is 35.5 Å². The molecule has 1 unspecified atom stereocenters. The Morgan fingerprint density at radius 2 is 1.89 bits per heavy atom. The van der Waals surface area contributed by atoms with E-state index < -0.39 is 29.6 Å². The highest BCUT2D eigenvalue weighted by Crippen LogP contribution is 2.40. The molecule has 2 amide bonds. The minimum atomic E-state index is -0.998. The van der Waals surface area contributed by atoms with E-state index in [-0.39, 0.29) is 44.6 Å². The lowest BCUT2D eigenvalue weighted by molar-refractivity contribution is 0.0970. The van der Waals surface area contributed by atoms with Gasteiger partial charge >= 0.3 is 0 Å². The standard InChI is InChI=1S/C24H21F2N5O4S/c1-2-16(32)11-6-14(25)21(15(26)7-11)18-9-13(22(27)33)24(36-18)31-19-5-3-4-12(30-19)8-20-29-10-17(35-20)23(28)34/h3-7,9-10,16,32H,2,8H2,1H3,(H2,27,33)(H2,28,34)(H,30,31). The molecule has 0 spiro atoms. The molecule has 1 aromatic carbocycles. The van der Waals surface area contributed by atoms with Crippen molar-refractivity contribution in [2.24, 2.45) is 11.5 Å². The topological polar surface area (TPSA) is 157 Å². The Morgan fingerprint density at radius 1 is 1.17 bits per heavy atom. The van der Waals surface area contributed by atoms with Crippen molar-refractivity contribution in [3.63, 3.8) is 0 Å². The molecule has 0 radical (unpaired) electrons. The van der Waals surface area contributed by atoms with Crippen molar-refractivity contribution in [3.8, 4) is 10.4 Å². The van der Waals surface area contributed by atoms with Crippen molar-refractivity contribution in [2.45, 2.75) is 25.9 Å². The van der Waals surface area contributed by atoms with E-state index in [0.717, 1.165) is 23.5 Å². The number of aliphatic hydroxyl groups is 1. The fourth-order valence-corrected chi connectivity index (χ4v) is 4.59. The molecule has 1 atom stereocenters. The highest BCUT2D eigenvalue weighted by atomic mass is 32.1. The number of rotatable bonds is 9. The largest absolute Gasteiger partial charge is 0.435 e. The molecule has 4 rings (SSSR count). The van der Waals surface area contributed by atoms with Gasteiger partial charge in [0, 0.05) is 4.88 Å². The quantitative estimate of drug-likeness (QED) is 0.263. The number of aliphatic hydroxyl groups excluding tert-OH is 1. The van der Waals surface area contributed by atoms with Crippen molar-refractivity contribution in [2.75, 3.05) is 5.32 Å². The smallest absolute Gasteiger partial charge is 0.286 e. The highest BCUT2D eigenvalue weighted by Gasteiger charge is 2.22. The molecular weight excluding hydrogens is 492 g/mol. The number of pyridine rings is 1. The number of hydrogen-bond donors (Lipinski definition) is 4. The number of carbonyl (C=O) groups excluding carboxylic acids is 2. The second kappa shape index (κ2) is 10.2. The Bertz CT molecular complexity index is 1430. The van der Waals surface area contributed by atoms with Crippen LogP contribution in [0.4, 0.5) is 19.6 Å². The Morgan fingerprint density at radius 3 is 2.50 bits per heavy atom. The number of thiophene rings is 1. The maximum absolute atomic E-state index is 14.8. The van der Waals surface area contributed by atoms with Crippen LogP contribution in [0.15, 0.2) is 47.0 Å². The van der Waals surface area contributed by atoms with Crippen LogP contribution in [-0.2, 0) is 6.42 Å². The molecule has 0 aliphatic heterocycles. The van der Waals surface area contributed by atoms with E-state index in [1.165, 1.54) is 12.3 Å². The predicted octanol–water partition coefficient (Wildman–Crippen LogP) is 4.05. The third-order valence-corrected chi connectivity index (χ3v) is 6.32. The maximum Gasteiger partial charge on any atom is 0.286 e. The zero-order valence-corrected chi connectivity index (χ0v) is 19.7. The molecule has 6 N–H and O–H groups in total. The number of anilines is 2. The predicted molar refractivity (Wildman–Crippen MR) is 129 cm³/mol. The number of amides is 2. The van der Waals surface area contributed by atoms with Crippen LogP contribution < -0.4 is 16.8 Å². The normalized spacial score (nSPS) is 11.9. The number of nitrogens with two attached hydrogens (primary N) is 2. The summed E-state index contributed by atoms with van der Waals surface area (Å²) in [6.45, 7) is 1.69. The van der Waals surface area contributed by atoms with Gasteiger partial charge in [0.25, 0.3) is 11.8 Å². The molecule has 9 nitrogen and oxygen atoms in total. The molecule has 186 valence electrons. The first-order valence-electron chi connectivity index (χ1n) is 10.7. The summed E-state index contributed by atoms with van der Waals surface area (Å²) >= 11 is 0.924. The Kier molecular flexibility index (Phi) is 7.08. The van der Waals surface area contributed by atoms with Crippen LogP contribution in [0.1, 0.15) is 57.5 Å². The fourth-order valence-electron chi connectivity index (χ4n) is 3.47. The molecule has 0 bridgehead atoms. The summed E-state index contributed by atoms with van der Waals surface area (Å²) in [4.78, 5) is 31.8. The van der Waals surface area contributed by atoms with Gasteiger partial charge in [0.15, 0.2) is 0 Å². The van der Waals surface area contributed by atoms with Gasteiger partial charge in [-0.3, -0.25) is 9.59 Å². The van der Waals surface area contributed by atoms with Gasteiger partial charge < -0.3 is 26.3 Å². The molecule has 0 saturated heterocycles. The monoisotopic (exact) mass is 513 g/mol. The molecule has 12 heteroatoms. The van der Waals surface area contributed by atoms with Crippen LogP contribution >= 0.6 is 11.3 Å². The van der Waals surface area contributed by atoms with Crippen molar-refractivity contribution < 1.29 is 27.9 Å². The Labute approximate surface area is 207 Å². The number of carbonyl (C=O) groups is 2. The SMILES string of the molecule is CCC(O)c1cc(F)c(-c2cc(C(N)=O)c(Nc3cccc(Cc4ncc(C(N)=O)o4)n3)s2)c(F)c1. The Balaban J connectivity index is 1.63. The molecular formula is C24H21F2N5O4S. The van der Waals surface area contributed by atoms with E-state index in [1.54, 1.807) is 25.1 Å². The summed E-state index contributed by atoms with van der Waals surface area (Å²) in [5.74, 6) is -2.80. The van der Waals surface area contributed by atoms with Crippen LogP contribution in [0.3, 0.4) is 0 Å². The molecule has 3 aromatic heterocycles. The van der Waals surface area contributed by atoms with E-state index in [1.807, 2.05) is 0 Å². The summed E-state index contributed by atoms with van der Waals surface area (Å²) in [7, 11) is 0. The second-order valence-corrected chi connectivity index (χ2v) is 8.85. The first-order valence-corrected chi connectivity index (χ1v) is 11.6. The fraction of sp³-hybridized carbons (Fsp3) is 0.167. The molecule has 0 fully saturated rings. The number of aromatic nitrogens is 2. The average Bonchev–Trinajstić information content (AvgIpc) is 3.46. The number of nitrogens with zero attached hydrogens (tertiary/aromatic N) is 2. The number of oxazole rings is 1. The number of hydrogen-bond acceptors (Lipinski definition) is 8. The van der Waals surface area contributed by atoms with Gasteiger partial charge in [-0.1, -0.05) is 13.0 Å². The van der Waals surface area contributed by atoms with Crippen molar-refractivity contribution in [1.82, 2.24) is 9.97 Å². The van der Waals surface area contributed by atoms with Gasteiger partial charge in [0.2, 0.25) is 11.7 Å². The van der Waals surface area contributed by atoms with Crippen LogP contribution in [-0.4, -0.2) is 26.9 Å². The van der Waals surface area contributed by atoms with Crippen LogP contribution in [0.5, 0.6) is 0 Å².